The van der Waals surface area contributed by atoms with E-state index in [-0.39, 0.29) is 23.5 Å². The second-order valence-electron chi connectivity index (χ2n) is 7.58. The molecular formula is C22H28N2O4S. The first kappa shape index (κ1) is 21.3. The van der Waals surface area contributed by atoms with Gasteiger partial charge in [0.25, 0.3) is 5.91 Å². The van der Waals surface area contributed by atoms with Gasteiger partial charge in [-0.3, -0.25) is 4.79 Å². The largest absolute Gasteiger partial charge is 0.484 e. The third-order valence-corrected chi connectivity index (χ3v) is 6.82. The number of nitrogens with one attached hydrogen (secondary N) is 1. The van der Waals surface area contributed by atoms with Crippen molar-refractivity contribution in [2.45, 2.75) is 37.6 Å². The number of likely N-dealkylation sites (tertiary alicyclic amines) is 1. The summed E-state index contributed by atoms with van der Waals surface area (Å²) in [6, 6.07) is 15.2. The molecule has 0 unspecified atom stereocenters. The van der Waals surface area contributed by atoms with Crippen molar-refractivity contribution in [1.29, 1.82) is 0 Å². The Morgan fingerprint density at radius 1 is 1.10 bits per heavy atom. The molecule has 29 heavy (non-hydrogen) atoms. The molecule has 156 valence electrons. The highest BCUT2D eigenvalue weighted by molar-refractivity contribution is 7.89. The Bertz CT molecular complexity index is 906. The van der Waals surface area contributed by atoms with Gasteiger partial charge in [-0.2, -0.15) is 0 Å². The SMILES string of the molecule is CC1CCN(C(=O)COc2ccc(S(=O)(=O)N[C@H](C)c3ccccc3)cc2)CC1. The van der Waals surface area contributed by atoms with Gasteiger partial charge >= 0.3 is 0 Å². The third kappa shape index (κ3) is 5.81. The average Bonchev–Trinajstić information content (AvgIpc) is 2.73. The molecule has 1 atom stereocenters. The minimum atomic E-state index is -3.66. The molecule has 1 fully saturated rings. The number of hydrogen-bond acceptors (Lipinski definition) is 4. The standard InChI is InChI=1S/C22H28N2O4S/c1-17-12-14-24(15-13-17)22(25)16-28-20-8-10-21(11-9-20)29(26,27)23-18(2)19-6-4-3-5-7-19/h3-11,17-18,23H,12-16H2,1-2H3/t18-/m1/s1. The van der Waals surface area contributed by atoms with Crippen LogP contribution in [0.15, 0.2) is 59.5 Å². The topological polar surface area (TPSA) is 75.7 Å². The number of sulfonamides is 1. The fourth-order valence-electron chi connectivity index (χ4n) is 3.32. The lowest BCUT2D eigenvalue weighted by atomic mass is 9.99. The summed E-state index contributed by atoms with van der Waals surface area (Å²) < 4.78 is 33.5. The Kier molecular flexibility index (Phi) is 6.92. The summed E-state index contributed by atoms with van der Waals surface area (Å²) in [5.74, 6) is 1.10. The van der Waals surface area contributed by atoms with Gasteiger partial charge in [0, 0.05) is 19.1 Å². The number of nitrogens with zero attached hydrogens (tertiary/aromatic N) is 1. The van der Waals surface area contributed by atoms with Crippen LogP contribution in [0.25, 0.3) is 0 Å². The maximum absolute atomic E-state index is 12.6. The molecular weight excluding hydrogens is 388 g/mol. The monoisotopic (exact) mass is 416 g/mol. The van der Waals surface area contributed by atoms with Crippen LogP contribution in [0.1, 0.15) is 38.3 Å². The van der Waals surface area contributed by atoms with E-state index in [2.05, 4.69) is 11.6 Å². The molecule has 2 aromatic rings. The van der Waals surface area contributed by atoms with Gasteiger partial charge < -0.3 is 9.64 Å². The van der Waals surface area contributed by atoms with Gasteiger partial charge in [0.1, 0.15) is 5.75 Å². The van der Waals surface area contributed by atoms with Crippen LogP contribution in [0, 0.1) is 5.92 Å². The van der Waals surface area contributed by atoms with Crippen LogP contribution >= 0.6 is 0 Å². The van der Waals surface area contributed by atoms with Crippen molar-refractivity contribution in [2.24, 2.45) is 5.92 Å². The normalized spacial score (nSPS) is 16.4. The molecule has 0 aliphatic carbocycles. The van der Waals surface area contributed by atoms with E-state index < -0.39 is 10.0 Å². The van der Waals surface area contributed by atoms with Crippen molar-refractivity contribution in [2.75, 3.05) is 19.7 Å². The smallest absolute Gasteiger partial charge is 0.260 e. The van der Waals surface area contributed by atoms with E-state index in [9.17, 15) is 13.2 Å². The molecule has 7 heteroatoms. The summed E-state index contributed by atoms with van der Waals surface area (Å²) in [6.45, 7) is 5.50. The maximum atomic E-state index is 12.6. The zero-order valence-corrected chi connectivity index (χ0v) is 17.7. The highest BCUT2D eigenvalue weighted by Crippen LogP contribution is 2.20. The van der Waals surface area contributed by atoms with E-state index in [0.717, 1.165) is 31.5 Å². The van der Waals surface area contributed by atoms with Crippen LogP contribution in [0.5, 0.6) is 5.75 Å². The summed E-state index contributed by atoms with van der Waals surface area (Å²) in [4.78, 5) is 14.2. The Labute approximate surface area is 172 Å². The summed E-state index contributed by atoms with van der Waals surface area (Å²) >= 11 is 0. The Hall–Kier alpha value is -2.38. The Balaban J connectivity index is 1.55. The molecule has 6 nitrogen and oxygen atoms in total. The first-order valence-electron chi connectivity index (χ1n) is 9.93. The molecule has 0 spiro atoms. The van der Waals surface area contributed by atoms with Gasteiger partial charge in [0.15, 0.2) is 6.61 Å². The molecule has 1 aliphatic rings. The summed E-state index contributed by atoms with van der Waals surface area (Å²) in [7, 11) is -3.66. The number of carbonyl (C=O) groups excluding carboxylic acids is 1. The summed E-state index contributed by atoms with van der Waals surface area (Å²) in [5.41, 5.74) is 0.890. The van der Waals surface area contributed by atoms with E-state index in [4.69, 9.17) is 4.74 Å². The second kappa shape index (κ2) is 9.41. The lowest BCUT2D eigenvalue weighted by Crippen LogP contribution is -2.40. The van der Waals surface area contributed by atoms with Gasteiger partial charge in [0.2, 0.25) is 10.0 Å². The highest BCUT2D eigenvalue weighted by Gasteiger charge is 2.21. The number of rotatable bonds is 7. The van der Waals surface area contributed by atoms with Crippen molar-refractivity contribution in [1.82, 2.24) is 9.62 Å². The molecule has 3 rings (SSSR count). The van der Waals surface area contributed by atoms with Gasteiger partial charge in [0.05, 0.1) is 4.90 Å². The predicted octanol–water partition coefficient (Wildman–Crippen LogP) is 3.36. The third-order valence-electron chi connectivity index (χ3n) is 5.26. The van der Waals surface area contributed by atoms with Crippen LogP contribution in [-0.4, -0.2) is 38.9 Å². The molecule has 1 amide bonds. The van der Waals surface area contributed by atoms with Crippen molar-refractivity contribution >= 4 is 15.9 Å². The molecule has 2 aromatic carbocycles. The zero-order valence-electron chi connectivity index (χ0n) is 16.9. The fourth-order valence-corrected chi connectivity index (χ4v) is 4.55. The lowest BCUT2D eigenvalue weighted by Gasteiger charge is -2.30. The number of ether oxygens (including phenoxy) is 1. The van der Waals surface area contributed by atoms with Crippen molar-refractivity contribution < 1.29 is 17.9 Å². The van der Waals surface area contributed by atoms with E-state index in [0.29, 0.717) is 11.7 Å². The van der Waals surface area contributed by atoms with Crippen molar-refractivity contribution in [3.63, 3.8) is 0 Å². The minimum Gasteiger partial charge on any atom is -0.484 e. The molecule has 0 radical (unpaired) electrons. The van der Waals surface area contributed by atoms with Gasteiger partial charge in [-0.15, -0.1) is 0 Å². The maximum Gasteiger partial charge on any atom is 0.260 e. The van der Waals surface area contributed by atoms with Crippen LogP contribution in [0.4, 0.5) is 0 Å². The van der Waals surface area contributed by atoms with Crippen LogP contribution in [-0.2, 0) is 14.8 Å². The number of hydrogen-bond donors (Lipinski definition) is 1. The van der Waals surface area contributed by atoms with Crippen LogP contribution in [0.3, 0.4) is 0 Å². The quantitative estimate of drug-likeness (QED) is 0.751. The highest BCUT2D eigenvalue weighted by atomic mass is 32.2. The predicted molar refractivity (Wildman–Crippen MR) is 112 cm³/mol. The van der Waals surface area contributed by atoms with Crippen LogP contribution in [0.2, 0.25) is 0 Å². The molecule has 0 saturated carbocycles. The number of benzene rings is 2. The molecule has 1 heterocycles. The van der Waals surface area contributed by atoms with Crippen molar-refractivity contribution in [3.8, 4) is 5.75 Å². The number of piperidine rings is 1. The molecule has 1 saturated heterocycles. The summed E-state index contributed by atoms with van der Waals surface area (Å²) in [6.07, 6.45) is 2.04. The van der Waals surface area contributed by atoms with E-state index in [1.807, 2.05) is 35.2 Å². The molecule has 1 N–H and O–H groups in total. The van der Waals surface area contributed by atoms with Crippen LogP contribution < -0.4 is 9.46 Å². The molecule has 0 bridgehead atoms. The Morgan fingerprint density at radius 3 is 2.34 bits per heavy atom. The fraction of sp³-hybridized carbons (Fsp3) is 0.409. The number of amides is 1. The summed E-state index contributed by atoms with van der Waals surface area (Å²) in [5, 5.41) is 0. The van der Waals surface area contributed by atoms with Gasteiger partial charge in [-0.05, 0) is 55.5 Å². The van der Waals surface area contributed by atoms with Gasteiger partial charge in [-0.25, -0.2) is 13.1 Å². The number of carbonyl (C=O) groups is 1. The first-order chi connectivity index (χ1) is 13.8. The second-order valence-corrected chi connectivity index (χ2v) is 9.29. The van der Waals surface area contributed by atoms with Crippen molar-refractivity contribution in [3.05, 3.63) is 60.2 Å². The van der Waals surface area contributed by atoms with E-state index in [1.54, 1.807) is 19.1 Å². The van der Waals surface area contributed by atoms with Gasteiger partial charge in [-0.1, -0.05) is 37.3 Å². The minimum absolute atomic E-state index is 0.0352. The Morgan fingerprint density at radius 2 is 1.72 bits per heavy atom. The van der Waals surface area contributed by atoms with E-state index in [1.165, 1.54) is 12.1 Å². The molecule has 1 aliphatic heterocycles. The molecule has 0 aromatic heterocycles. The lowest BCUT2D eigenvalue weighted by molar-refractivity contribution is -0.134. The first-order valence-corrected chi connectivity index (χ1v) is 11.4. The van der Waals surface area contributed by atoms with E-state index >= 15 is 0 Å². The average molecular weight is 417 g/mol. The zero-order chi connectivity index (χ0) is 20.9.